The Balaban J connectivity index is 1.63. The van der Waals surface area contributed by atoms with Crippen LogP contribution >= 0.6 is 0 Å². The first-order chi connectivity index (χ1) is 10.1. The van der Waals surface area contributed by atoms with Crippen LogP contribution in [0.5, 0.6) is 0 Å². The summed E-state index contributed by atoms with van der Waals surface area (Å²) in [5, 5.41) is 4.26. The summed E-state index contributed by atoms with van der Waals surface area (Å²) in [6, 6.07) is 10.6. The van der Waals surface area contributed by atoms with Gasteiger partial charge in [0.15, 0.2) is 5.82 Å². The minimum Gasteiger partial charge on any atom is -0.339 e. The Hall–Kier alpha value is -1.68. The molecule has 4 nitrogen and oxygen atoms in total. The van der Waals surface area contributed by atoms with Gasteiger partial charge in [-0.15, -0.1) is 0 Å². The Morgan fingerprint density at radius 3 is 2.52 bits per heavy atom. The molecule has 4 atom stereocenters. The molecule has 0 spiro atoms. The van der Waals surface area contributed by atoms with E-state index in [1.54, 1.807) is 0 Å². The van der Waals surface area contributed by atoms with Crippen molar-refractivity contribution in [3.05, 3.63) is 47.6 Å². The number of benzene rings is 1. The molecule has 4 rings (SSSR count). The molecule has 2 saturated carbocycles. The lowest BCUT2D eigenvalue weighted by Gasteiger charge is -2.20. The van der Waals surface area contributed by atoms with Crippen LogP contribution in [0.1, 0.15) is 49.9 Å². The second kappa shape index (κ2) is 4.41. The van der Waals surface area contributed by atoms with Gasteiger partial charge in [-0.2, -0.15) is 4.98 Å². The van der Waals surface area contributed by atoms with Gasteiger partial charge in [0.1, 0.15) is 0 Å². The number of hydrogen-bond donors (Lipinski definition) is 1. The summed E-state index contributed by atoms with van der Waals surface area (Å²) in [5.74, 6) is 3.29. The molecule has 0 aliphatic heterocycles. The SMILES string of the molecule is CC(C)(c1ccccc1)c1noc([C@@H]2C[C@H](N)[C@H]3C[C@H]32)n1. The molecule has 2 fully saturated rings. The fourth-order valence-corrected chi connectivity index (χ4v) is 3.74. The average molecular weight is 283 g/mol. The van der Waals surface area contributed by atoms with E-state index >= 15 is 0 Å². The van der Waals surface area contributed by atoms with E-state index in [1.165, 1.54) is 12.0 Å². The van der Waals surface area contributed by atoms with Gasteiger partial charge >= 0.3 is 0 Å². The van der Waals surface area contributed by atoms with E-state index in [1.807, 2.05) is 18.2 Å². The van der Waals surface area contributed by atoms with Gasteiger partial charge in [0.05, 0.1) is 5.41 Å². The maximum absolute atomic E-state index is 6.14. The van der Waals surface area contributed by atoms with Crippen LogP contribution < -0.4 is 5.73 Å². The lowest BCUT2D eigenvalue weighted by atomic mass is 9.84. The second-order valence-corrected chi connectivity index (χ2v) is 7.02. The highest BCUT2D eigenvalue weighted by Gasteiger charge is 2.55. The number of nitrogens with zero attached hydrogens (tertiary/aromatic N) is 2. The number of hydrogen-bond acceptors (Lipinski definition) is 4. The third-order valence-corrected chi connectivity index (χ3v) is 5.30. The molecule has 0 radical (unpaired) electrons. The van der Waals surface area contributed by atoms with Crippen LogP contribution in [0.15, 0.2) is 34.9 Å². The average Bonchev–Trinajstić information content (AvgIpc) is 2.99. The quantitative estimate of drug-likeness (QED) is 0.940. The normalized spacial score (nSPS) is 31.2. The maximum Gasteiger partial charge on any atom is 0.230 e. The number of nitrogens with two attached hydrogens (primary N) is 1. The summed E-state index contributed by atoms with van der Waals surface area (Å²) in [6.45, 7) is 4.27. The van der Waals surface area contributed by atoms with E-state index in [0.29, 0.717) is 23.8 Å². The standard InChI is InChI=1S/C17H21N3O/c1-17(2,10-6-4-3-5-7-10)16-19-15(21-20-16)13-9-14(18)12-8-11(12)13/h3-7,11-14H,8-9,18H2,1-2H3/t11-,12+,13-,14+/m1/s1. The van der Waals surface area contributed by atoms with Crippen molar-refractivity contribution < 1.29 is 4.52 Å². The van der Waals surface area contributed by atoms with Gasteiger partial charge in [-0.05, 0) is 44.1 Å². The Morgan fingerprint density at radius 2 is 1.90 bits per heavy atom. The zero-order valence-electron chi connectivity index (χ0n) is 12.5. The fourth-order valence-electron chi connectivity index (χ4n) is 3.74. The first-order valence-electron chi connectivity index (χ1n) is 7.72. The largest absolute Gasteiger partial charge is 0.339 e. The molecule has 0 bridgehead atoms. The van der Waals surface area contributed by atoms with E-state index in [0.717, 1.165) is 18.1 Å². The molecule has 1 aromatic heterocycles. The van der Waals surface area contributed by atoms with Crippen molar-refractivity contribution in [3.63, 3.8) is 0 Å². The summed E-state index contributed by atoms with van der Waals surface area (Å²) in [4.78, 5) is 4.72. The predicted molar refractivity (Wildman–Crippen MR) is 79.8 cm³/mol. The molecule has 110 valence electrons. The van der Waals surface area contributed by atoms with E-state index < -0.39 is 0 Å². The highest BCUT2D eigenvalue weighted by atomic mass is 16.5. The topological polar surface area (TPSA) is 64.9 Å². The summed E-state index contributed by atoms with van der Waals surface area (Å²) >= 11 is 0. The number of aromatic nitrogens is 2. The molecule has 0 amide bonds. The lowest BCUT2D eigenvalue weighted by Crippen LogP contribution is -2.21. The monoisotopic (exact) mass is 283 g/mol. The van der Waals surface area contributed by atoms with Crippen molar-refractivity contribution in [2.45, 2.75) is 44.1 Å². The zero-order valence-corrected chi connectivity index (χ0v) is 12.5. The van der Waals surface area contributed by atoms with Crippen LogP contribution in [0.25, 0.3) is 0 Å². The number of fused-ring (bicyclic) bond motifs is 1. The third kappa shape index (κ3) is 2.01. The van der Waals surface area contributed by atoms with Crippen LogP contribution in [0.4, 0.5) is 0 Å². The fraction of sp³-hybridized carbons (Fsp3) is 0.529. The molecule has 1 aromatic carbocycles. The smallest absolute Gasteiger partial charge is 0.230 e. The Kier molecular flexibility index (Phi) is 2.73. The highest BCUT2D eigenvalue weighted by Crippen LogP contribution is 2.58. The summed E-state index contributed by atoms with van der Waals surface area (Å²) in [6.07, 6.45) is 2.22. The minimum absolute atomic E-state index is 0.243. The molecular weight excluding hydrogens is 262 g/mol. The molecular formula is C17H21N3O. The summed E-state index contributed by atoms with van der Waals surface area (Å²) in [7, 11) is 0. The van der Waals surface area contributed by atoms with Gasteiger partial charge < -0.3 is 10.3 Å². The van der Waals surface area contributed by atoms with E-state index in [-0.39, 0.29) is 5.41 Å². The molecule has 1 heterocycles. The van der Waals surface area contributed by atoms with Gasteiger partial charge in [0, 0.05) is 12.0 Å². The van der Waals surface area contributed by atoms with Crippen LogP contribution in [-0.4, -0.2) is 16.2 Å². The van der Waals surface area contributed by atoms with E-state index in [2.05, 4.69) is 31.1 Å². The van der Waals surface area contributed by atoms with Crippen molar-refractivity contribution in [1.82, 2.24) is 10.1 Å². The maximum atomic E-state index is 6.14. The lowest BCUT2D eigenvalue weighted by molar-refractivity contribution is 0.334. The van der Waals surface area contributed by atoms with Crippen LogP contribution in [0.3, 0.4) is 0 Å². The van der Waals surface area contributed by atoms with Crippen molar-refractivity contribution in [2.75, 3.05) is 0 Å². The second-order valence-electron chi connectivity index (χ2n) is 7.02. The summed E-state index contributed by atoms with van der Waals surface area (Å²) < 4.78 is 5.59. The Labute approximate surface area is 124 Å². The van der Waals surface area contributed by atoms with Crippen LogP contribution in [0.2, 0.25) is 0 Å². The van der Waals surface area contributed by atoms with Crippen LogP contribution in [-0.2, 0) is 5.41 Å². The van der Waals surface area contributed by atoms with E-state index in [9.17, 15) is 0 Å². The number of rotatable bonds is 3. The molecule has 2 aromatic rings. The van der Waals surface area contributed by atoms with Crippen molar-refractivity contribution in [3.8, 4) is 0 Å². The molecule has 21 heavy (non-hydrogen) atoms. The van der Waals surface area contributed by atoms with Crippen molar-refractivity contribution >= 4 is 0 Å². The van der Waals surface area contributed by atoms with Crippen molar-refractivity contribution in [1.29, 1.82) is 0 Å². The van der Waals surface area contributed by atoms with Gasteiger partial charge in [0.2, 0.25) is 5.89 Å². The van der Waals surface area contributed by atoms with Gasteiger partial charge in [0.25, 0.3) is 0 Å². The Bertz CT molecular complexity index is 649. The molecule has 2 aliphatic carbocycles. The third-order valence-electron chi connectivity index (χ3n) is 5.30. The first-order valence-corrected chi connectivity index (χ1v) is 7.72. The highest BCUT2D eigenvalue weighted by molar-refractivity contribution is 5.30. The Morgan fingerprint density at radius 1 is 1.14 bits per heavy atom. The molecule has 2 aliphatic rings. The van der Waals surface area contributed by atoms with Crippen molar-refractivity contribution in [2.24, 2.45) is 17.6 Å². The predicted octanol–water partition coefficient (Wildman–Crippen LogP) is 2.85. The van der Waals surface area contributed by atoms with Crippen LogP contribution in [0, 0.1) is 11.8 Å². The molecule has 0 unspecified atom stereocenters. The minimum atomic E-state index is -0.243. The molecule has 4 heteroatoms. The van der Waals surface area contributed by atoms with E-state index in [4.69, 9.17) is 15.2 Å². The molecule has 2 N–H and O–H groups in total. The van der Waals surface area contributed by atoms with Gasteiger partial charge in [-0.1, -0.05) is 35.5 Å². The van der Waals surface area contributed by atoms with Gasteiger partial charge in [-0.3, -0.25) is 0 Å². The molecule has 0 saturated heterocycles. The first kappa shape index (κ1) is 13.0. The summed E-state index contributed by atoms with van der Waals surface area (Å²) in [5.41, 5.74) is 7.10. The van der Waals surface area contributed by atoms with Gasteiger partial charge in [-0.25, -0.2) is 0 Å². The zero-order chi connectivity index (χ0) is 14.6.